The van der Waals surface area contributed by atoms with Crippen LogP contribution >= 0.6 is 0 Å². The molecule has 0 saturated heterocycles. The molecule has 1 heterocycles. The summed E-state index contributed by atoms with van der Waals surface area (Å²) in [5, 5.41) is 19.0. The molecular weight excluding hydrogens is 234 g/mol. The van der Waals surface area contributed by atoms with Crippen LogP contribution in [0.25, 0.3) is 5.69 Å². The van der Waals surface area contributed by atoms with E-state index in [1.807, 2.05) is 0 Å². The monoisotopic (exact) mass is 247 g/mol. The number of hydrogen-bond donors (Lipinski definition) is 2. The van der Waals surface area contributed by atoms with Crippen LogP contribution in [0.5, 0.6) is 5.75 Å². The van der Waals surface area contributed by atoms with Crippen molar-refractivity contribution in [1.29, 1.82) is 0 Å². The molecule has 0 saturated carbocycles. The second-order valence-corrected chi connectivity index (χ2v) is 3.72. The maximum absolute atomic E-state index is 11.4. The first kappa shape index (κ1) is 12.2. The van der Waals surface area contributed by atoms with Crippen LogP contribution in [-0.2, 0) is 11.3 Å². The third-order valence-corrected chi connectivity index (χ3v) is 2.65. The highest BCUT2D eigenvalue weighted by Gasteiger charge is 2.12. The molecule has 94 valence electrons. The smallest absolute Gasteiger partial charge is 0.337 e. The Morgan fingerprint density at radius 1 is 1.39 bits per heavy atom. The Morgan fingerprint density at radius 2 is 2.17 bits per heavy atom. The van der Waals surface area contributed by atoms with Crippen molar-refractivity contribution in [2.24, 2.45) is 0 Å². The normalized spacial score (nSPS) is 10.3. The van der Waals surface area contributed by atoms with Crippen LogP contribution in [-0.4, -0.2) is 27.9 Å². The van der Waals surface area contributed by atoms with Gasteiger partial charge in [0.15, 0.2) is 0 Å². The van der Waals surface area contributed by atoms with E-state index in [1.165, 1.54) is 25.3 Å². The average molecular weight is 247 g/mol. The molecule has 0 bridgehead atoms. The minimum absolute atomic E-state index is 0.0218. The van der Waals surface area contributed by atoms with Crippen LogP contribution in [0.15, 0.2) is 36.5 Å². The molecular formula is C13H13NO4. The standard InChI is InChI=1S/C13H13NO4/c1-18-13(17)9-4-5-12(16)11(7-9)14-6-2-3-10(14)8-15/h2-7,15-16H,8H2,1H3. The van der Waals surface area contributed by atoms with Crippen molar-refractivity contribution in [1.82, 2.24) is 4.57 Å². The average Bonchev–Trinajstić information content (AvgIpc) is 2.86. The summed E-state index contributed by atoms with van der Waals surface area (Å²) in [6, 6.07) is 7.88. The van der Waals surface area contributed by atoms with Crippen LogP contribution in [0, 0.1) is 0 Å². The van der Waals surface area contributed by atoms with Crippen LogP contribution in [0.3, 0.4) is 0 Å². The summed E-state index contributed by atoms with van der Waals surface area (Å²) in [5.74, 6) is -0.456. The highest BCUT2D eigenvalue weighted by Crippen LogP contribution is 2.25. The number of aromatic hydroxyl groups is 1. The van der Waals surface area contributed by atoms with Gasteiger partial charge in [-0.05, 0) is 30.3 Å². The van der Waals surface area contributed by atoms with E-state index in [4.69, 9.17) is 0 Å². The number of phenols is 1. The van der Waals surface area contributed by atoms with Crippen molar-refractivity contribution >= 4 is 5.97 Å². The SMILES string of the molecule is COC(=O)c1ccc(O)c(-n2cccc2CO)c1. The fraction of sp³-hybridized carbons (Fsp3) is 0.154. The first-order valence-electron chi connectivity index (χ1n) is 5.36. The van der Waals surface area contributed by atoms with Crippen LogP contribution in [0.1, 0.15) is 16.1 Å². The van der Waals surface area contributed by atoms with Gasteiger partial charge in [0.1, 0.15) is 5.75 Å². The van der Waals surface area contributed by atoms with Gasteiger partial charge in [-0.2, -0.15) is 0 Å². The first-order chi connectivity index (χ1) is 8.67. The van der Waals surface area contributed by atoms with Gasteiger partial charge in [0.05, 0.1) is 25.0 Å². The molecule has 0 atom stereocenters. The molecule has 0 fully saturated rings. The zero-order valence-electron chi connectivity index (χ0n) is 9.83. The number of rotatable bonds is 3. The van der Waals surface area contributed by atoms with Crippen molar-refractivity contribution in [2.75, 3.05) is 7.11 Å². The molecule has 1 aromatic carbocycles. The Hall–Kier alpha value is -2.27. The van der Waals surface area contributed by atoms with E-state index in [0.29, 0.717) is 16.9 Å². The number of nitrogens with zero attached hydrogens (tertiary/aromatic N) is 1. The van der Waals surface area contributed by atoms with E-state index in [0.717, 1.165) is 0 Å². The number of aliphatic hydroxyl groups is 1. The summed E-state index contributed by atoms with van der Waals surface area (Å²) in [5.41, 5.74) is 1.38. The molecule has 0 amide bonds. The quantitative estimate of drug-likeness (QED) is 0.805. The topological polar surface area (TPSA) is 71.7 Å². The summed E-state index contributed by atoms with van der Waals surface area (Å²) in [6.07, 6.45) is 1.70. The van der Waals surface area contributed by atoms with Gasteiger partial charge in [-0.15, -0.1) is 0 Å². The van der Waals surface area contributed by atoms with Gasteiger partial charge in [0.2, 0.25) is 0 Å². The lowest BCUT2D eigenvalue weighted by Crippen LogP contribution is -2.04. The minimum Gasteiger partial charge on any atom is -0.506 e. The molecule has 0 aliphatic rings. The Bertz CT molecular complexity index is 574. The number of ether oxygens (including phenoxy) is 1. The van der Waals surface area contributed by atoms with Gasteiger partial charge in [-0.3, -0.25) is 0 Å². The number of phenolic OH excluding ortho intramolecular Hbond substituents is 1. The number of hydrogen-bond acceptors (Lipinski definition) is 4. The van der Waals surface area contributed by atoms with E-state index >= 15 is 0 Å². The van der Waals surface area contributed by atoms with Crippen molar-refractivity contribution in [3.05, 3.63) is 47.8 Å². The summed E-state index contributed by atoms with van der Waals surface area (Å²) in [6.45, 7) is -0.158. The van der Waals surface area contributed by atoms with Gasteiger partial charge in [0.25, 0.3) is 0 Å². The number of aliphatic hydroxyl groups excluding tert-OH is 1. The maximum Gasteiger partial charge on any atom is 0.337 e. The van der Waals surface area contributed by atoms with Gasteiger partial charge in [-0.1, -0.05) is 0 Å². The number of esters is 1. The Morgan fingerprint density at radius 3 is 2.83 bits per heavy atom. The van der Waals surface area contributed by atoms with Gasteiger partial charge >= 0.3 is 5.97 Å². The second-order valence-electron chi connectivity index (χ2n) is 3.72. The predicted molar refractivity (Wildman–Crippen MR) is 64.7 cm³/mol. The fourth-order valence-corrected chi connectivity index (χ4v) is 1.74. The lowest BCUT2D eigenvalue weighted by Gasteiger charge is -2.11. The summed E-state index contributed by atoms with van der Waals surface area (Å²) < 4.78 is 6.24. The van der Waals surface area contributed by atoms with E-state index in [2.05, 4.69) is 4.74 Å². The number of aromatic nitrogens is 1. The van der Waals surface area contributed by atoms with Crippen LogP contribution in [0.2, 0.25) is 0 Å². The molecule has 0 aliphatic carbocycles. The Labute approximate surface area is 104 Å². The third-order valence-electron chi connectivity index (χ3n) is 2.65. The van der Waals surface area contributed by atoms with Crippen LogP contribution in [0.4, 0.5) is 0 Å². The van der Waals surface area contributed by atoms with Crippen LogP contribution < -0.4 is 0 Å². The predicted octanol–water partition coefficient (Wildman–Crippen LogP) is 1.46. The van der Waals surface area contributed by atoms with Crippen molar-refractivity contribution in [2.45, 2.75) is 6.61 Å². The largest absolute Gasteiger partial charge is 0.506 e. The molecule has 2 aromatic rings. The molecule has 0 unspecified atom stereocenters. The van der Waals surface area contributed by atoms with Crippen molar-refractivity contribution in [3.63, 3.8) is 0 Å². The lowest BCUT2D eigenvalue weighted by atomic mass is 10.2. The van der Waals surface area contributed by atoms with Gasteiger partial charge in [-0.25, -0.2) is 4.79 Å². The molecule has 2 N–H and O–H groups in total. The number of methoxy groups -OCH3 is 1. The highest BCUT2D eigenvalue weighted by molar-refractivity contribution is 5.90. The fourth-order valence-electron chi connectivity index (χ4n) is 1.74. The lowest BCUT2D eigenvalue weighted by molar-refractivity contribution is 0.0600. The third kappa shape index (κ3) is 2.08. The zero-order valence-corrected chi connectivity index (χ0v) is 9.83. The molecule has 18 heavy (non-hydrogen) atoms. The Kier molecular flexibility index (Phi) is 3.34. The summed E-state index contributed by atoms with van der Waals surface area (Å²) in [7, 11) is 1.30. The van der Waals surface area contributed by atoms with Gasteiger partial charge < -0.3 is 19.5 Å². The highest BCUT2D eigenvalue weighted by atomic mass is 16.5. The first-order valence-corrected chi connectivity index (χ1v) is 5.36. The zero-order chi connectivity index (χ0) is 13.1. The van der Waals surface area contributed by atoms with E-state index in [1.54, 1.807) is 22.9 Å². The molecule has 1 aromatic heterocycles. The number of carbonyl (C=O) groups excluding carboxylic acids is 1. The molecule has 5 nitrogen and oxygen atoms in total. The molecule has 0 spiro atoms. The van der Waals surface area contributed by atoms with E-state index < -0.39 is 5.97 Å². The van der Waals surface area contributed by atoms with Crippen molar-refractivity contribution in [3.8, 4) is 11.4 Å². The van der Waals surface area contributed by atoms with E-state index in [-0.39, 0.29) is 12.4 Å². The maximum atomic E-state index is 11.4. The summed E-state index contributed by atoms with van der Waals surface area (Å²) >= 11 is 0. The number of benzene rings is 1. The molecule has 2 rings (SSSR count). The second kappa shape index (κ2) is 4.93. The van der Waals surface area contributed by atoms with E-state index in [9.17, 15) is 15.0 Å². The summed E-state index contributed by atoms with van der Waals surface area (Å²) in [4.78, 5) is 11.4. The van der Waals surface area contributed by atoms with Crippen molar-refractivity contribution < 1.29 is 19.7 Å². The number of carbonyl (C=O) groups is 1. The molecule has 0 radical (unpaired) electrons. The molecule has 0 aliphatic heterocycles. The Balaban J connectivity index is 2.53. The van der Waals surface area contributed by atoms with Gasteiger partial charge in [0, 0.05) is 11.9 Å². The minimum atomic E-state index is -0.478. The molecule has 5 heteroatoms.